The lowest BCUT2D eigenvalue weighted by atomic mass is 10.1. The first-order chi connectivity index (χ1) is 8.19. The van der Waals surface area contributed by atoms with Gasteiger partial charge in [0.2, 0.25) is 11.8 Å². The van der Waals surface area contributed by atoms with E-state index in [-0.39, 0.29) is 29.0 Å². The molecule has 0 rings (SSSR count). The summed E-state index contributed by atoms with van der Waals surface area (Å²) < 4.78 is -0.00595. The van der Waals surface area contributed by atoms with Gasteiger partial charge >= 0.3 is 0 Å². The van der Waals surface area contributed by atoms with Crippen LogP contribution in [0, 0.1) is 5.92 Å². The Morgan fingerprint density at radius 3 is 2.28 bits per heavy atom. The molecule has 0 aromatic heterocycles. The zero-order valence-electron chi connectivity index (χ0n) is 11.9. The number of thioether (sulfide) groups is 1. The van der Waals surface area contributed by atoms with Crippen LogP contribution in [0.25, 0.3) is 0 Å². The third-order valence-corrected chi connectivity index (χ3v) is 3.96. The number of carbonyl (C=O) groups excluding carboxylic acids is 2. The van der Waals surface area contributed by atoms with E-state index in [1.807, 2.05) is 34.0 Å². The summed E-state index contributed by atoms with van der Waals surface area (Å²) in [6.45, 7) is 8.37. The van der Waals surface area contributed by atoms with Crippen molar-refractivity contribution in [3.8, 4) is 0 Å². The number of amides is 2. The smallest absolute Gasteiger partial charge is 0.239 e. The van der Waals surface area contributed by atoms with E-state index in [0.29, 0.717) is 6.54 Å². The molecular weight excluding hydrogens is 250 g/mol. The SMILES string of the molecule is CSC(C)(C)CNC(=O)CNC(=O)[C@@H](N)C(C)C. The van der Waals surface area contributed by atoms with E-state index in [1.165, 1.54) is 0 Å². The summed E-state index contributed by atoms with van der Waals surface area (Å²) in [6.07, 6.45) is 2.00. The molecule has 0 aromatic rings. The third-order valence-electron chi connectivity index (χ3n) is 2.71. The minimum absolute atomic E-state index is 0.00595. The molecule has 0 aliphatic carbocycles. The molecule has 0 aliphatic rings. The number of nitrogens with two attached hydrogens (primary N) is 1. The topological polar surface area (TPSA) is 84.2 Å². The van der Waals surface area contributed by atoms with Crippen LogP contribution in [0.4, 0.5) is 0 Å². The summed E-state index contributed by atoms with van der Waals surface area (Å²) in [7, 11) is 0. The standard InChI is InChI=1S/C12H25N3O2S/c1-8(2)10(13)11(17)14-6-9(16)15-7-12(3,4)18-5/h8,10H,6-7,13H2,1-5H3,(H,14,17)(H,15,16)/t10-/m0/s1. The van der Waals surface area contributed by atoms with Gasteiger partial charge in [-0.25, -0.2) is 0 Å². The highest BCUT2D eigenvalue weighted by Crippen LogP contribution is 2.19. The monoisotopic (exact) mass is 275 g/mol. The fraction of sp³-hybridized carbons (Fsp3) is 0.833. The zero-order valence-corrected chi connectivity index (χ0v) is 12.7. The van der Waals surface area contributed by atoms with Crippen LogP contribution in [-0.4, -0.2) is 41.9 Å². The van der Waals surface area contributed by atoms with Gasteiger partial charge in [0.25, 0.3) is 0 Å². The Morgan fingerprint density at radius 2 is 1.83 bits per heavy atom. The normalized spacial score (nSPS) is 13.3. The largest absolute Gasteiger partial charge is 0.353 e. The summed E-state index contributed by atoms with van der Waals surface area (Å²) in [5.74, 6) is -0.422. The number of nitrogens with one attached hydrogen (secondary N) is 2. The average molecular weight is 275 g/mol. The quantitative estimate of drug-likeness (QED) is 0.626. The van der Waals surface area contributed by atoms with Gasteiger partial charge in [-0.3, -0.25) is 9.59 Å². The predicted molar refractivity (Wildman–Crippen MR) is 76.4 cm³/mol. The first-order valence-corrected chi connectivity index (χ1v) is 7.27. The molecule has 0 fully saturated rings. The van der Waals surface area contributed by atoms with Crippen molar-refractivity contribution in [1.29, 1.82) is 0 Å². The van der Waals surface area contributed by atoms with Crippen LogP contribution in [0.1, 0.15) is 27.7 Å². The molecule has 106 valence electrons. The fourth-order valence-corrected chi connectivity index (χ4v) is 1.25. The van der Waals surface area contributed by atoms with Gasteiger partial charge in [0, 0.05) is 11.3 Å². The number of hydrogen-bond acceptors (Lipinski definition) is 4. The summed E-state index contributed by atoms with van der Waals surface area (Å²) >= 11 is 1.68. The highest BCUT2D eigenvalue weighted by atomic mass is 32.2. The molecule has 0 bridgehead atoms. The second-order valence-corrected chi connectivity index (χ2v) is 6.74. The third kappa shape index (κ3) is 6.86. The van der Waals surface area contributed by atoms with E-state index in [9.17, 15) is 9.59 Å². The maximum Gasteiger partial charge on any atom is 0.239 e. The van der Waals surface area contributed by atoms with Gasteiger partial charge in [-0.1, -0.05) is 13.8 Å². The maximum absolute atomic E-state index is 11.5. The fourth-order valence-electron chi connectivity index (χ4n) is 1.03. The Kier molecular flexibility index (Phi) is 7.32. The Hall–Kier alpha value is -0.750. The summed E-state index contributed by atoms with van der Waals surface area (Å²) in [5, 5.41) is 5.32. The molecule has 0 spiro atoms. The van der Waals surface area contributed by atoms with Gasteiger partial charge in [0.15, 0.2) is 0 Å². The lowest BCUT2D eigenvalue weighted by Gasteiger charge is -2.22. The van der Waals surface area contributed by atoms with Crippen LogP contribution in [0.5, 0.6) is 0 Å². The van der Waals surface area contributed by atoms with Gasteiger partial charge in [-0.05, 0) is 26.0 Å². The van der Waals surface area contributed by atoms with Gasteiger partial charge in [0.1, 0.15) is 0 Å². The molecule has 0 aromatic carbocycles. The van der Waals surface area contributed by atoms with Crippen LogP contribution in [0.2, 0.25) is 0 Å². The number of rotatable bonds is 7. The van der Waals surface area contributed by atoms with Gasteiger partial charge in [-0.15, -0.1) is 0 Å². The second kappa shape index (κ2) is 7.63. The first-order valence-electron chi connectivity index (χ1n) is 6.04. The Morgan fingerprint density at radius 1 is 1.28 bits per heavy atom. The van der Waals surface area contributed by atoms with E-state index in [2.05, 4.69) is 10.6 Å². The van der Waals surface area contributed by atoms with Crippen molar-refractivity contribution >= 4 is 23.6 Å². The molecule has 0 saturated heterocycles. The van der Waals surface area contributed by atoms with Crippen molar-refractivity contribution in [3.63, 3.8) is 0 Å². The van der Waals surface area contributed by atoms with E-state index in [4.69, 9.17) is 5.73 Å². The highest BCUT2D eigenvalue weighted by Gasteiger charge is 2.19. The molecule has 5 nitrogen and oxygen atoms in total. The second-order valence-electron chi connectivity index (χ2n) is 5.23. The first kappa shape index (κ1) is 17.2. The Bertz CT molecular complexity index is 293. The van der Waals surface area contributed by atoms with Crippen LogP contribution in [-0.2, 0) is 9.59 Å². The Labute approximate surface area is 114 Å². The minimum atomic E-state index is -0.569. The van der Waals surface area contributed by atoms with Crippen molar-refractivity contribution in [3.05, 3.63) is 0 Å². The summed E-state index contributed by atoms with van der Waals surface area (Å²) in [6, 6.07) is -0.569. The van der Waals surface area contributed by atoms with Crippen molar-refractivity contribution in [2.24, 2.45) is 11.7 Å². The zero-order chi connectivity index (χ0) is 14.3. The summed E-state index contributed by atoms with van der Waals surface area (Å²) in [4.78, 5) is 23.1. The van der Waals surface area contributed by atoms with Gasteiger partial charge in [-0.2, -0.15) is 11.8 Å². The molecule has 0 radical (unpaired) electrons. The van der Waals surface area contributed by atoms with E-state index in [1.54, 1.807) is 11.8 Å². The molecule has 0 unspecified atom stereocenters. The van der Waals surface area contributed by atoms with E-state index >= 15 is 0 Å². The van der Waals surface area contributed by atoms with Crippen LogP contribution < -0.4 is 16.4 Å². The van der Waals surface area contributed by atoms with Gasteiger partial charge < -0.3 is 16.4 Å². The van der Waals surface area contributed by atoms with E-state index < -0.39 is 6.04 Å². The van der Waals surface area contributed by atoms with Gasteiger partial charge in [0.05, 0.1) is 12.6 Å². The average Bonchev–Trinajstić information content (AvgIpc) is 2.32. The number of carbonyl (C=O) groups is 2. The van der Waals surface area contributed by atoms with Crippen molar-refractivity contribution in [1.82, 2.24) is 10.6 Å². The Balaban J connectivity index is 3.95. The number of hydrogen-bond donors (Lipinski definition) is 3. The summed E-state index contributed by atoms with van der Waals surface area (Å²) in [5.41, 5.74) is 5.66. The molecule has 0 heterocycles. The molecule has 0 aliphatic heterocycles. The van der Waals surface area contributed by atoms with Crippen molar-refractivity contribution < 1.29 is 9.59 Å². The molecule has 0 saturated carbocycles. The molecule has 2 amide bonds. The molecule has 18 heavy (non-hydrogen) atoms. The lowest BCUT2D eigenvalue weighted by Crippen LogP contribution is -2.48. The maximum atomic E-state index is 11.5. The highest BCUT2D eigenvalue weighted by molar-refractivity contribution is 7.99. The minimum Gasteiger partial charge on any atom is -0.353 e. The molecule has 6 heteroatoms. The van der Waals surface area contributed by atoms with E-state index in [0.717, 1.165) is 0 Å². The predicted octanol–water partition coefficient (Wildman–Crippen LogP) is 0.344. The van der Waals surface area contributed by atoms with Crippen LogP contribution in [0.15, 0.2) is 0 Å². The molecule has 1 atom stereocenters. The molecular formula is C12H25N3O2S. The lowest BCUT2D eigenvalue weighted by molar-refractivity contribution is -0.127. The molecule has 4 N–H and O–H groups in total. The van der Waals surface area contributed by atoms with Crippen LogP contribution >= 0.6 is 11.8 Å². The van der Waals surface area contributed by atoms with Crippen molar-refractivity contribution in [2.45, 2.75) is 38.5 Å². The van der Waals surface area contributed by atoms with Crippen LogP contribution in [0.3, 0.4) is 0 Å². The van der Waals surface area contributed by atoms with Crippen molar-refractivity contribution in [2.75, 3.05) is 19.3 Å².